The van der Waals surface area contributed by atoms with Gasteiger partial charge in [-0.25, -0.2) is 0 Å². The van der Waals surface area contributed by atoms with E-state index in [4.69, 9.17) is 4.74 Å². The number of rotatable bonds is 8. The van der Waals surface area contributed by atoms with Crippen LogP contribution in [0.15, 0.2) is 48.1 Å². The monoisotopic (exact) mass is 589 g/mol. The highest BCUT2D eigenvalue weighted by Crippen LogP contribution is 2.41. The first-order chi connectivity index (χ1) is 16.1. The number of hydrogen-bond acceptors (Lipinski definition) is 3. The Labute approximate surface area is 214 Å². The summed E-state index contributed by atoms with van der Waals surface area (Å²) >= 11 is 2.31. The molecule has 0 N–H and O–H groups in total. The third kappa shape index (κ3) is 7.33. The molecular weight excluding hydrogens is 554 g/mol. The summed E-state index contributed by atoms with van der Waals surface area (Å²) in [4.78, 5) is 14.5. The van der Waals surface area contributed by atoms with Crippen LogP contribution in [0.5, 0.6) is 0 Å². The lowest BCUT2D eigenvalue weighted by Gasteiger charge is -2.47. The van der Waals surface area contributed by atoms with Gasteiger partial charge in [0.15, 0.2) is 0 Å². The van der Waals surface area contributed by atoms with E-state index in [9.17, 15) is 18.0 Å². The fraction of sp³-hybridized carbons (Fsp3) is 0.593. The summed E-state index contributed by atoms with van der Waals surface area (Å²) in [5, 5.41) is 0. The van der Waals surface area contributed by atoms with Gasteiger partial charge in [-0.2, -0.15) is 13.2 Å². The maximum Gasteiger partial charge on any atom is 0.416 e. The van der Waals surface area contributed by atoms with E-state index in [1.54, 1.807) is 6.08 Å². The van der Waals surface area contributed by atoms with Crippen LogP contribution >= 0.6 is 22.6 Å². The van der Waals surface area contributed by atoms with E-state index >= 15 is 0 Å². The van der Waals surface area contributed by atoms with Crippen molar-refractivity contribution in [3.05, 3.63) is 57.2 Å². The molecule has 1 unspecified atom stereocenters. The predicted molar refractivity (Wildman–Crippen MR) is 137 cm³/mol. The topological polar surface area (TPSA) is 29.5 Å². The van der Waals surface area contributed by atoms with Crippen molar-refractivity contribution >= 4 is 28.6 Å². The van der Waals surface area contributed by atoms with Crippen LogP contribution in [0.2, 0.25) is 0 Å². The number of nitrogens with zero attached hydrogens (tertiary/aromatic N) is 1. The molecule has 0 bridgehead atoms. The van der Waals surface area contributed by atoms with E-state index < -0.39 is 11.7 Å². The Morgan fingerprint density at radius 2 is 1.91 bits per heavy atom. The first-order valence-electron chi connectivity index (χ1n) is 12.1. The van der Waals surface area contributed by atoms with E-state index in [2.05, 4.69) is 65.6 Å². The summed E-state index contributed by atoms with van der Waals surface area (Å²) in [7, 11) is 1.40. The highest BCUT2D eigenvalue weighted by molar-refractivity contribution is 14.1. The van der Waals surface area contributed by atoms with Gasteiger partial charge in [-0.3, -0.25) is 9.69 Å². The summed E-state index contributed by atoms with van der Waals surface area (Å²) in [6.07, 6.45) is 4.46. The minimum Gasteiger partial charge on any atom is -0.469 e. The summed E-state index contributed by atoms with van der Waals surface area (Å²) < 4.78 is 45.7. The third-order valence-corrected chi connectivity index (χ3v) is 7.83. The lowest BCUT2D eigenvalue weighted by Crippen LogP contribution is -2.48. The Hall–Kier alpha value is -1.35. The molecule has 0 radical (unpaired) electrons. The second-order valence-electron chi connectivity index (χ2n) is 9.93. The summed E-state index contributed by atoms with van der Waals surface area (Å²) in [6, 6.07) is 8.88. The molecule has 0 saturated carbocycles. The van der Waals surface area contributed by atoms with Gasteiger partial charge in [0, 0.05) is 22.1 Å². The van der Waals surface area contributed by atoms with Gasteiger partial charge < -0.3 is 4.74 Å². The second-order valence-corrected chi connectivity index (χ2v) is 11.2. The number of methoxy groups -OCH3 is 1. The minimum atomic E-state index is -4.32. The number of carbonyl (C=O) groups is 1. The Bertz CT molecular complexity index is 879. The van der Waals surface area contributed by atoms with Crippen LogP contribution in [0.25, 0.3) is 0 Å². The van der Waals surface area contributed by atoms with Crippen LogP contribution in [0.4, 0.5) is 13.2 Å². The number of allylic oxidation sites excluding steroid dienone is 3. The number of halogens is 4. The minimum absolute atomic E-state index is 0.0167. The molecule has 1 aliphatic heterocycles. The van der Waals surface area contributed by atoms with Gasteiger partial charge >= 0.3 is 12.1 Å². The van der Waals surface area contributed by atoms with Gasteiger partial charge in [-0.05, 0) is 96.7 Å². The first-order valence-corrected chi connectivity index (χ1v) is 13.2. The van der Waals surface area contributed by atoms with E-state index in [1.165, 1.54) is 28.4 Å². The Morgan fingerprint density at radius 1 is 1.21 bits per heavy atom. The number of carbonyl (C=O) groups excluding carboxylic acids is 1. The molecule has 1 saturated heterocycles. The number of ether oxygens (including phenoxy) is 1. The van der Waals surface area contributed by atoms with Gasteiger partial charge in [-0.15, -0.1) is 0 Å². The number of alkyl halides is 3. The van der Waals surface area contributed by atoms with Crippen LogP contribution in [0, 0.1) is 21.3 Å². The number of benzene rings is 1. The lowest BCUT2D eigenvalue weighted by atomic mass is 9.78. The van der Waals surface area contributed by atoms with Crippen molar-refractivity contribution in [3.8, 4) is 0 Å². The zero-order valence-corrected chi connectivity index (χ0v) is 22.3. The molecule has 1 aromatic carbocycles. The van der Waals surface area contributed by atoms with Crippen molar-refractivity contribution in [2.24, 2.45) is 17.8 Å². The predicted octanol–water partition coefficient (Wildman–Crippen LogP) is 7.48. The van der Waals surface area contributed by atoms with E-state index in [0.29, 0.717) is 18.8 Å². The van der Waals surface area contributed by atoms with Crippen molar-refractivity contribution in [2.75, 3.05) is 13.7 Å². The van der Waals surface area contributed by atoms with Crippen molar-refractivity contribution in [1.29, 1.82) is 0 Å². The fourth-order valence-electron chi connectivity index (χ4n) is 5.24. The molecule has 3 rings (SSSR count). The first kappa shape index (κ1) is 27.2. The fourth-order valence-corrected chi connectivity index (χ4v) is 5.60. The summed E-state index contributed by atoms with van der Waals surface area (Å²) in [5.74, 6) is 0.507. The average molecular weight is 589 g/mol. The van der Waals surface area contributed by atoms with E-state index in [0.717, 1.165) is 32.2 Å². The van der Waals surface area contributed by atoms with Gasteiger partial charge in [0.2, 0.25) is 0 Å². The standard InChI is InChI=1S/C27H35F3INO2/c1-18(2)4-13-24(20-7-11-23(31)12-8-20)32-15-14-19(17-26(33)34-3)16-25(32)21-5-9-22(10-6-21)27(28,29)30/h5,7-12,18-19,21,24-25H,4,6,13-17H2,1-3H3/t19-,21?,24-,25+/m0/s1. The van der Waals surface area contributed by atoms with Crippen LogP contribution in [-0.2, 0) is 9.53 Å². The normalized spacial score (nSPS) is 24.7. The molecule has 34 heavy (non-hydrogen) atoms. The quantitative estimate of drug-likeness (QED) is 0.233. The molecule has 4 atom stereocenters. The summed E-state index contributed by atoms with van der Waals surface area (Å²) in [5.41, 5.74) is 0.690. The zero-order chi connectivity index (χ0) is 24.9. The zero-order valence-electron chi connectivity index (χ0n) is 20.2. The highest BCUT2D eigenvalue weighted by atomic mass is 127. The van der Waals surface area contributed by atoms with Crippen LogP contribution < -0.4 is 0 Å². The Balaban J connectivity index is 1.89. The molecule has 2 aliphatic rings. The Kier molecular flexibility index (Phi) is 9.66. The van der Waals surface area contributed by atoms with Crippen molar-refractivity contribution in [1.82, 2.24) is 4.90 Å². The maximum atomic E-state index is 13.2. The van der Waals surface area contributed by atoms with Crippen LogP contribution in [0.3, 0.4) is 0 Å². The van der Waals surface area contributed by atoms with Crippen molar-refractivity contribution in [2.45, 2.75) is 70.6 Å². The molecule has 1 aromatic rings. The van der Waals surface area contributed by atoms with Crippen LogP contribution in [-0.4, -0.2) is 36.7 Å². The van der Waals surface area contributed by atoms with E-state index in [1.807, 2.05) is 0 Å². The van der Waals surface area contributed by atoms with Gasteiger partial charge in [-0.1, -0.05) is 44.2 Å². The van der Waals surface area contributed by atoms with Crippen molar-refractivity contribution in [3.63, 3.8) is 0 Å². The molecule has 1 aliphatic carbocycles. The molecule has 1 fully saturated rings. The van der Waals surface area contributed by atoms with Crippen LogP contribution in [0.1, 0.15) is 64.0 Å². The van der Waals surface area contributed by atoms with Gasteiger partial charge in [0.25, 0.3) is 0 Å². The van der Waals surface area contributed by atoms with Crippen molar-refractivity contribution < 1.29 is 22.7 Å². The number of hydrogen-bond donors (Lipinski definition) is 0. The summed E-state index contributed by atoms with van der Waals surface area (Å²) in [6.45, 7) is 5.26. The molecule has 0 spiro atoms. The number of esters is 1. The average Bonchev–Trinajstić information content (AvgIpc) is 2.80. The van der Waals surface area contributed by atoms with E-state index in [-0.39, 0.29) is 29.9 Å². The molecule has 0 aromatic heterocycles. The molecule has 0 amide bonds. The number of piperidine rings is 1. The SMILES string of the molecule is COC(=O)C[C@H]1CCN([C@@H](CCC(C)C)c2ccc(I)cc2)[C@@H](C2C=CC(C(F)(F)F)=CC2)C1. The molecule has 1 heterocycles. The molecular formula is C27H35F3INO2. The molecule has 7 heteroatoms. The Morgan fingerprint density at radius 3 is 2.47 bits per heavy atom. The molecule has 3 nitrogen and oxygen atoms in total. The maximum absolute atomic E-state index is 13.2. The molecule has 188 valence electrons. The van der Waals surface area contributed by atoms with Gasteiger partial charge in [0.1, 0.15) is 0 Å². The van der Waals surface area contributed by atoms with Gasteiger partial charge in [0.05, 0.1) is 12.7 Å². The largest absolute Gasteiger partial charge is 0.469 e. The third-order valence-electron chi connectivity index (χ3n) is 7.11. The second kappa shape index (κ2) is 12.1. The lowest BCUT2D eigenvalue weighted by molar-refractivity contribution is -0.142. The smallest absolute Gasteiger partial charge is 0.416 e. The highest BCUT2D eigenvalue weighted by Gasteiger charge is 2.40. The number of likely N-dealkylation sites (tertiary alicyclic amines) is 1.